The lowest BCUT2D eigenvalue weighted by Crippen LogP contribution is -2.50. The summed E-state index contributed by atoms with van der Waals surface area (Å²) in [6.07, 6.45) is 9.75. The standard InChI is InChI=1S/C21H27N3O3S/c1-2-27-21(26)22-15-8-7-13-24(14-15)19(25)18-16-9-3-4-10-17(16)28-20(18)23-11-5-6-12-23/h5-6,11-12,15H,2-4,7-10,13-14H2,1H3,(H,22,26). The number of thiophene rings is 1. The van der Waals surface area contributed by atoms with Crippen LogP contribution in [0.25, 0.3) is 5.00 Å². The van der Waals surface area contributed by atoms with E-state index in [0.717, 1.165) is 49.2 Å². The minimum Gasteiger partial charge on any atom is -0.450 e. The number of fused-ring (bicyclic) bond motifs is 1. The molecule has 150 valence electrons. The van der Waals surface area contributed by atoms with E-state index >= 15 is 0 Å². The van der Waals surface area contributed by atoms with E-state index in [1.54, 1.807) is 18.3 Å². The highest BCUT2D eigenvalue weighted by Gasteiger charge is 2.32. The first-order valence-electron chi connectivity index (χ1n) is 10.2. The van der Waals surface area contributed by atoms with Gasteiger partial charge in [-0.15, -0.1) is 11.3 Å². The van der Waals surface area contributed by atoms with Crippen LogP contribution < -0.4 is 5.32 Å². The SMILES string of the molecule is CCOC(=O)NC1CCCN(C(=O)c2c(-n3cccc3)sc3c2CCCC3)C1. The molecule has 1 aliphatic heterocycles. The van der Waals surface area contributed by atoms with Crippen molar-refractivity contribution in [1.29, 1.82) is 0 Å². The number of aromatic nitrogens is 1. The number of carbonyl (C=O) groups excluding carboxylic acids is 2. The van der Waals surface area contributed by atoms with E-state index in [2.05, 4.69) is 9.88 Å². The molecule has 6 nitrogen and oxygen atoms in total. The summed E-state index contributed by atoms with van der Waals surface area (Å²) >= 11 is 1.76. The number of hydrogen-bond donors (Lipinski definition) is 1. The zero-order valence-electron chi connectivity index (χ0n) is 16.3. The molecule has 1 unspecified atom stereocenters. The molecule has 0 aromatic carbocycles. The number of ether oxygens (including phenoxy) is 1. The normalized spacial score (nSPS) is 19.2. The highest BCUT2D eigenvalue weighted by atomic mass is 32.1. The number of alkyl carbamates (subject to hydrolysis) is 1. The number of amides is 2. The fourth-order valence-corrected chi connectivity index (χ4v) is 5.55. The second kappa shape index (κ2) is 8.39. The van der Waals surface area contributed by atoms with Crippen LogP contribution in [-0.2, 0) is 17.6 Å². The van der Waals surface area contributed by atoms with Crippen molar-refractivity contribution in [1.82, 2.24) is 14.8 Å². The van der Waals surface area contributed by atoms with Gasteiger partial charge >= 0.3 is 6.09 Å². The Morgan fingerprint density at radius 1 is 1.21 bits per heavy atom. The Labute approximate surface area is 169 Å². The number of carbonyl (C=O) groups is 2. The molecule has 1 saturated heterocycles. The monoisotopic (exact) mass is 401 g/mol. The van der Waals surface area contributed by atoms with Gasteiger partial charge in [0.2, 0.25) is 0 Å². The molecule has 3 heterocycles. The summed E-state index contributed by atoms with van der Waals surface area (Å²) in [4.78, 5) is 28.6. The number of likely N-dealkylation sites (tertiary alicyclic amines) is 1. The molecule has 1 aliphatic carbocycles. The molecule has 2 aromatic rings. The first-order valence-corrected chi connectivity index (χ1v) is 11.0. The fourth-order valence-electron chi connectivity index (χ4n) is 4.20. The number of rotatable bonds is 4. The molecule has 0 saturated carbocycles. The van der Waals surface area contributed by atoms with Crippen LogP contribution in [-0.4, -0.2) is 47.2 Å². The van der Waals surface area contributed by atoms with Crippen molar-refractivity contribution in [3.8, 4) is 5.00 Å². The molecule has 2 amide bonds. The maximum atomic E-state index is 13.6. The van der Waals surface area contributed by atoms with Crippen molar-refractivity contribution >= 4 is 23.3 Å². The van der Waals surface area contributed by atoms with E-state index in [4.69, 9.17) is 4.74 Å². The third kappa shape index (κ3) is 3.81. The molecule has 0 radical (unpaired) electrons. The third-order valence-electron chi connectivity index (χ3n) is 5.51. The molecular formula is C21H27N3O3S. The number of nitrogens with one attached hydrogen (secondary N) is 1. The first-order chi connectivity index (χ1) is 13.7. The molecular weight excluding hydrogens is 374 g/mol. The van der Waals surface area contributed by atoms with Gasteiger partial charge in [-0.05, 0) is 63.1 Å². The van der Waals surface area contributed by atoms with Gasteiger partial charge in [-0.3, -0.25) is 4.79 Å². The van der Waals surface area contributed by atoms with E-state index in [-0.39, 0.29) is 11.9 Å². The van der Waals surface area contributed by atoms with Crippen LogP contribution in [0, 0.1) is 0 Å². The van der Waals surface area contributed by atoms with Crippen LogP contribution >= 0.6 is 11.3 Å². The molecule has 2 aliphatic rings. The summed E-state index contributed by atoms with van der Waals surface area (Å²) in [7, 11) is 0. The Morgan fingerprint density at radius 3 is 2.79 bits per heavy atom. The van der Waals surface area contributed by atoms with E-state index < -0.39 is 6.09 Å². The Balaban J connectivity index is 1.59. The second-order valence-corrected chi connectivity index (χ2v) is 8.52. The average Bonchev–Trinajstić information content (AvgIpc) is 3.35. The van der Waals surface area contributed by atoms with Crippen LogP contribution in [0.2, 0.25) is 0 Å². The maximum Gasteiger partial charge on any atom is 0.407 e. The van der Waals surface area contributed by atoms with E-state index in [9.17, 15) is 9.59 Å². The Bertz CT molecular complexity index is 843. The first kappa shape index (κ1) is 19.1. The lowest BCUT2D eigenvalue weighted by molar-refractivity contribution is 0.0685. The lowest BCUT2D eigenvalue weighted by atomic mass is 9.94. The molecule has 0 bridgehead atoms. The number of nitrogens with zero attached hydrogens (tertiary/aromatic N) is 2. The van der Waals surface area contributed by atoms with E-state index in [1.807, 2.05) is 29.4 Å². The number of aryl methyl sites for hydroxylation is 1. The summed E-state index contributed by atoms with van der Waals surface area (Å²) in [5.41, 5.74) is 2.11. The smallest absolute Gasteiger partial charge is 0.407 e. The van der Waals surface area contributed by atoms with Crippen molar-refractivity contribution in [3.63, 3.8) is 0 Å². The Hall–Kier alpha value is -2.28. The Kier molecular flexibility index (Phi) is 5.71. The highest BCUT2D eigenvalue weighted by molar-refractivity contribution is 7.15. The van der Waals surface area contributed by atoms with E-state index in [1.165, 1.54) is 16.9 Å². The Morgan fingerprint density at radius 2 is 2.00 bits per heavy atom. The quantitative estimate of drug-likeness (QED) is 0.848. The molecule has 2 aromatic heterocycles. The number of piperidine rings is 1. The molecule has 7 heteroatoms. The minimum atomic E-state index is -0.400. The number of hydrogen-bond acceptors (Lipinski definition) is 4. The molecule has 28 heavy (non-hydrogen) atoms. The van der Waals surface area contributed by atoms with Crippen LogP contribution in [0.1, 0.15) is 53.4 Å². The zero-order valence-corrected chi connectivity index (χ0v) is 17.1. The van der Waals surface area contributed by atoms with Crippen molar-refractivity contribution in [2.45, 2.75) is 51.5 Å². The van der Waals surface area contributed by atoms with Crippen molar-refractivity contribution < 1.29 is 14.3 Å². The highest BCUT2D eigenvalue weighted by Crippen LogP contribution is 2.38. The second-order valence-electron chi connectivity index (χ2n) is 7.44. The van der Waals surface area contributed by atoms with Crippen LogP contribution in [0.15, 0.2) is 24.5 Å². The predicted octanol–water partition coefficient (Wildman–Crippen LogP) is 3.77. The third-order valence-corrected chi connectivity index (χ3v) is 6.82. The van der Waals surface area contributed by atoms with Crippen molar-refractivity contribution in [2.24, 2.45) is 0 Å². The van der Waals surface area contributed by atoms with Crippen molar-refractivity contribution in [2.75, 3.05) is 19.7 Å². The van der Waals surface area contributed by atoms with E-state index in [0.29, 0.717) is 13.2 Å². The van der Waals surface area contributed by atoms with Crippen molar-refractivity contribution in [3.05, 3.63) is 40.5 Å². The summed E-state index contributed by atoms with van der Waals surface area (Å²) in [5, 5.41) is 3.93. The van der Waals surface area contributed by atoms with Crippen LogP contribution in [0.3, 0.4) is 0 Å². The summed E-state index contributed by atoms with van der Waals surface area (Å²) < 4.78 is 7.06. The lowest BCUT2D eigenvalue weighted by Gasteiger charge is -2.33. The molecule has 1 N–H and O–H groups in total. The minimum absolute atomic E-state index is 0.0544. The zero-order chi connectivity index (χ0) is 19.5. The summed E-state index contributed by atoms with van der Waals surface area (Å²) in [6, 6.07) is 3.93. The molecule has 1 atom stereocenters. The van der Waals surface area contributed by atoms with Gasteiger partial charge in [0.25, 0.3) is 5.91 Å². The largest absolute Gasteiger partial charge is 0.450 e. The molecule has 0 spiro atoms. The molecule has 1 fully saturated rings. The van der Waals surface area contributed by atoms with Gasteiger partial charge < -0.3 is 19.5 Å². The van der Waals surface area contributed by atoms with Gasteiger partial charge in [0.1, 0.15) is 5.00 Å². The molecule has 4 rings (SSSR count). The summed E-state index contributed by atoms with van der Waals surface area (Å²) in [6.45, 7) is 3.41. The van der Waals surface area contributed by atoms with Crippen LogP contribution in [0.5, 0.6) is 0 Å². The van der Waals surface area contributed by atoms with Gasteiger partial charge in [0.15, 0.2) is 0 Å². The summed E-state index contributed by atoms with van der Waals surface area (Å²) in [5.74, 6) is 0.0958. The fraction of sp³-hybridized carbons (Fsp3) is 0.524. The predicted molar refractivity (Wildman–Crippen MR) is 109 cm³/mol. The van der Waals surface area contributed by atoms with Crippen LogP contribution in [0.4, 0.5) is 4.79 Å². The van der Waals surface area contributed by atoms with Gasteiger partial charge in [-0.25, -0.2) is 4.79 Å². The average molecular weight is 402 g/mol. The topological polar surface area (TPSA) is 63.6 Å². The van der Waals surface area contributed by atoms with Gasteiger partial charge in [-0.1, -0.05) is 0 Å². The van der Waals surface area contributed by atoms with Gasteiger partial charge in [-0.2, -0.15) is 0 Å². The van der Waals surface area contributed by atoms with Gasteiger partial charge in [0.05, 0.1) is 12.2 Å². The van der Waals surface area contributed by atoms with Gasteiger partial charge in [0, 0.05) is 36.4 Å². The maximum absolute atomic E-state index is 13.6.